The molecule has 2 aliphatic carbocycles. The number of fused-ring (bicyclic) bond motifs is 3. The number of aliphatic imine (C=N–C) groups is 3. The number of benzene rings is 3. The fraction of sp³-hybridized carbons (Fsp3) is 0.167. The summed E-state index contributed by atoms with van der Waals surface area (Å²) in [6.45, 7) is 6.49. The second-order valence-electron chi connectivity index (χ2n) is 8.52. The van der Waals surface area contributed by atoms with E-state index in [0.29, 0.717) is 18.2 Å². The van der Waals surface area contributed by atoms with Crippen LogP contribution >= 0.6 is 0 Å². The Morgan fingerprint density at radius 2 is 1.79 bits per heavy atom. The Bertz CT molecular complexity index is 1320. The summed E-state index contributed by atoms with van der Waals surface area (Å²) in [6.07, 6.45) is 9.52. The number of hydrogen-bond donors (Lipinski definition) is 0. The largest absolute Gasteiger partial charge is 0.261 e. The molecule has 3 nitrogen and oxygen atoms in total. The molecule has 3 heteroatoms. The number of amidine groups is 2. The highest BCUT2D eigenvalue weighted by Crippen LogP contribution is 2.39. The number of rotatable bonds is 4. The van der Waals surface area contributed by atoms with Crippen molar-refractivity contribution in [2.75, 3.05) is 0 Å². The second-order valence-corrected chi connectivity index (χ2v) is 8.52. The molecule has 3 aromatic carbocycles. The van der Waals surface area contributed by atoms with E-state index in [9.17, 15) is 0 Å². The van der Waals surface area contributed by atoms with Crippen LogP contribution in [0.5, 0.6) is 0 Å². The Morgan fingerprint density at radius 1 is 0.909 bits per heavy atom. The SMILES string of the molecule is C=NC(=NC(=NCc1cccc2c1Cc1ccc(C)cc1-2)C1=CCCC=C1)c1ccccc1. The standard InChI is InChI=1S/C30H27N3/c1-21-16-17-24-19-28-25(14-9-15-26(28)27(24)18-21)20-32-30(23-12-7-4-8-13-23)33-29(31-2)22-10-5-3-6-11-22/h3,5-7,9-18H,2,4,8,19-20H2,1H3. The molecule has 0 unspecified atom stereocenters. The van der Waals surface area contributed by atoms with Gasteiger partial charge in [0.1, 0.15) is 0 Å². The van der Waals surface area contributed by atoms with Crippen LogP contribution < -0.4 is 0 Å². The maximum atomic E-state index is 5.01. The third kappa shape index (κ3) is 4.40. The monoisotopic (exact) mass is 429 g/mol. The van der Waals surface area contributed by atoms with Crippen molar-refractivity contribution in [3.8, 4) is 11.1 Å². The molecular formula is C30H27N3. The van der Waals surface area contributed by atoms with Gasteiger partial charge in [-0.25, -0.2) is 9.98 Å². The number of aryl methyl sites for hydroxylation is 1. The predicted octanol–water partition coefficient (Wildman–Crippen LogP) is 6.89. The number of allylic oxidation sites excluding steroid dienone is 2. The van der Waals surface area contributed by atoms with Gasteiger partial charge < -0.3 is 0 Å². The molecule has 0 heterocycles. The van der Waals surface area contributed by atoms with E-state index in [1.54, 1.807) is 0 Å². The molecule has 0 saturated heterocycles. The van der Waals surface area contributed by atoms with Crippen LogP contribution in [0.15, 0.2) is 106 Å². The van der Waals surface area contributed by atoms with Gasteiger partial charge >= 0.3 is 0 Å². The topological polar surface area (TPSA) is 37.1 Å². The molecule has 0 saturated carbocycles. The lowest BCUT2D eigenvalue weighted by molar-refractivity contribution is 1.01. The van der Waals surface area contributed by atoms with Gasteiger partial charge in [0.15, 0.2) is 11.7 Å². The smallest absolute Gasteiger partial charge is 0.161 e. The lowest BCUT2D eigenvalue weighted by Crippen LogP contribution is -2.07. The normalized spacial score (nSPS) is 15.1. The Balaban J connectivity index is 1.52. The molecule has 0 radical (unpaired) electrons. The molecule has 162 valence electrons. The van der Waals surface area contributed by atoms with Crippen LogP contribution in [0.3, 0.4) is 0 Å². The predicted molar refractivity (Wildman–Crippen MR) is 140 cm³/mol. The molecule has 0 aliphatic heterocycles. The first-order valence-electron chi connectivity index (χ1n) is 11.5. The molecule has 33 heavy (non-hydrogen) atoms. The van der Waals surface area contributed by atoms with Crippen molar-refractivity contribution in [2.45, 2.75) is 32.7 Å². The summed E-state index contributed by atoms with van der Waals surface area (Å²) in [6, 6.07) is 23.3. The molecule has 0 atom stereocenters. The molecule has 3 aromatic rings. The van der Waals surface area contributed by atoms with Crippen molar-refractivity contribution >= 4 is 18.4 Å². The van der Waals surface area contributed by atoms with E-state index in [1.165, 1.54) is 33.4 Å². The first-order chi connectivity index (χ1) is 16.2. The lowest BCUT2D eigenvalue weighted by Gasteiger charge is -2.10. The Labute approximate surface area is 195 Å². The average molecular weight is 430 g/mol. The minimum atomic E-state index is 0.583. The molecule has 0 N–H and O–H groups in total. The van der Waals surface area contributed by atoms with Crippen molar-refractivity contribution in [2.24, 2.45) is 15.0 Å². The summed E-state index contributed by atoms with van der Waals surface area (Å²) < 4.78 is 0. The number of hydrogen-bond acceptors (Lipinski definition) is 1. The van der Waals surface area contributed by atoms with E-state index in [-0.39, 0.29) is 0 Å². The minimum Gasteiger partial charge on any atom is -0.261 e. The van der Waals surface area contributed by atoms with Crippen LogP contribution in [-0.4, -0.2) is 18.4 Å². The van der Waals surface area contributed by atoms with Gasteiger partial charge in [-0.3, -0.25) is 4.99 Å². The van der Waals surface area contributed by atoms with E-state index in [1.807, 2.05) is 30.3 Å². The zero-order valence-electron chi connectivity index (χ0n) is 19.0. The third-order valence-corrected chi connectivity index (χ3v) is 6.24. The summed E-state index contributed by atoms with van der Waals surface area (Å²) >= 11 is 0. The maximum Gasteiger partial charge on any atom is 0.161 e. The first kappa shape index (κ1) is 21.0. The second kappa shape index (κ2) is 9.33. The lowest BCUT2D eigenvalue weighted by atomic mass is 10.0. The third-order valence-electron chi connectivity index (χ3n) is 6.24. The minimum absolute atomic E-state index is 0.583. The molecule has 0 spiro atoms. The molecule has 0 fully saturated rings. The Hall–Kier alpha value is -3.85. The summed E-state index contributed by atoms with van der Waals surface area (Å²) in [5.41, 5.74) is 9.99. The van der Waals surface area contributed by atoms with Gasteiger partial charge in [0.05, 0.1) is 6.54 Å². The van der Waals surface area contributed by atoms with Crippen LogP contribution in [-0.2, 0) is 13.0 Å². The van der Waals surface area contributed by atoms with Gasteiger partial charge in [-0.1, -0.05) is 90.5 Å². The quantitative estimate of drug-likeness (QED) is 0.250. The average Bonchev–Trinajstić information content (AvgIpc) is 3.24. The van der Waals surface area contributed by atoms with Crippen LogP contribution in [0.2, 0.25) is 0 Å². The van der Waals surface area contributed by atoms with Crippen LogP contribution in [0.25, 0.3) is 11.1 Å². The van der Waals surface area contributed by atoms with E-state index < -0.39 is 0 Å². The van der Waals surface area contributed by atoms with Gasteiger partial charge in [-0.2, -0.15) is 0 Å². The highest BCUT2D eigenvalue weighted by atomic mass is 15.0. The Morgan fingerprint density at radius 3 is 2.58 bits per heavy atom. The molecule has 2 aliphatic rings. The Kier molecular flexibility index (Phi) is 5.95. The summed E-state index contributed by atoms with van der Waals surface area (Å²) in [4.78, 5) is 14.1. The molecule has 0 aromatic heterocycles. The zero-order chi connectivity index (χ0) is 22.6. The summed E-state index contributed by atoms with van der Waals surface area (Å²) in [5, 5.41) is 0. The van der Waals surface area contributed by atoms with Crippen LogP contribution in [0.4, 0.5) is 0 Å². The molecule has 0 bridgehead atoms. The fourth-order valence-electron chi connectivity index (χ4n) is 4.54. The maximum absolute atomic E-state index is 5.01. The van der Waals surface area contributed by atoms with E-state index in [0.717, 1.165) is 30.4 Å². The number of nitrogens with zero attached hydrogens (tertiary/aromatic N) is 3. The van der Waals surface area contributed by atoms with Crippen molar-refractivity contribution in [1.29, 1.82) is 0 Å². The van der Waals surface area contributed by atoms with Crippen molar-refractivity contribution < 1.29 is 0 Å². The van der Waals surface area contributed by atoms with Gasteiger partial charge in [-0.05, 0) is 60.7 Å². The van der Waals surface area contributed by atoms with Crippen molar-refractivity contribution in [3.05, 3.63) is 118 Å². The van der Waals surface area contributed by atoms with Crippen molar-refractivity contribution in [1.82, 2.24) is 0 Å². The van der Waals surface area contributed by atoms with E-state index in [4.69, 9.17) is 9.98 Å². The molecule has 5 rings (SSSR count). The fourth-order valence-corrected chi connectivity index (χ4v) is 4.54. The van der Waals surface area contributed by atoms with Crippen molar-refractivity contribution in [3.63, 3.8) is 0 Å². The summed E-state index contributed by atoms with van der Waals surface area (Å²) in [7, 11) is 0. The van der Waals surface area contributed by atoms with E-state index in [2.05, 4.69) is 73.3 Å². The van der Waals surface area contributed by atoms with Gasteiger partial charge in [0.2, 0.25) is 0 Å². The highest BCUT2D eigenvalue weighted by molar-refractivity contribution is 6.13. The molecular weight excluding hydrogens is 402 g/mol. The highest BCUT2D eigenvalue weighted by Gasteiger charge is 2.21. The first-order valence-corrected chi connectivity index (χ1v) is 11.5. The van der Waals surface area contributed by atoms with Gasteiger partial charge in [-0.15, -0.1) is 0 Å². The molecule has 0 amide bonds. The summed E-state index contributed by atoms with van der Waals surface area (Å²) in [5.74, 6) is 1.30. The van der Waals surface area contributed by atoms with E-state index >= 15 is 0 Å². The zero-order valence-corrected chi connectivity index (χ0v) is 19.0. The van der Waals surface area contributed by atoms with Gasteiger partial charge in [0, 0.05) is 11.1 Å². The van der Waals surface area contributed by atoms with Crippen LogP contribution in [0, 0.1) is 6.92 Å². The van der Waals surface area contributed by atoms with Gasteiger partial charge in [0.25, 0.3) is 0 Å². The van der Waals surface area contributed by atoms with Crippen LogP contribution in [0.1, 0.15) is 40.7 Å².